The van der Waals surface area contributed by atoms with Gasteiger partial charge in [0.25, 0.3) is 0 Å². The fourth-order valence-corrected chi connectivity index (χ4v) is 1.63. The lowest BCUT2D eigenvalue weighted by Gasteiger charge is -2.05. The van der Waals surface area contributed by atoms with E-state index in [2.05, 4.69) is 9.97 Å². The average molecular weight is 277 g/mol. The molecule has 0 amide bonds. The van der Waals surface area contributed by atoms with Crippen molar-refractivity contribution in [1.82, 2.24) is 9.97 Å². The predicted octanol–water partition coefficient (Wildman–Crippen LogP) is 3.15. The van der Waals surface area contributed by atoms with Crippen molar-refractivity contribution in [2.45, 2.75) is 13.3 Å². The smallest absolute Gasteiger partial charge is 0.196 e. The second kappa shape index (κ2) is 6.29. The molecule has 2 heterocycles. The fraction of sp³-hybridized carbons (Fsp3) is 0.214. The first-order valence-electron chi connectivity index (χ1n) is 5.95. The molecule has 98 valence electrons. The lowest BCUT2D eigenvalue weighted by atomic mass is 10.1. The van der Waals surface area contributed by atoms with Gasteiger partial charge in [-0.15, -0.1) is 0 Å². The van der Waals surface area contributed by atoms with Crippen LogP contribution in [0.5, 0.6) is 5.75 Å². The van der Waals surface area contributed by atoms with Crippen LogP contribution in [0, 0.1) is 0 Å². The number of aromatic nitrogens is 2. The van der Waals surface area contributed by atoms with Gasteiger partial charge in [0, 0.05) is 23.5 Å². The number of hydrogen-bond acceptors (Lipinski definition) is 4. The zero-order valence-corrected chi connectivity index (χ0v) is 11.2. The third kappa shape index (κ3) is 3.51. The first-order valence-corrected chi connectivity index (χ1v) is 6.32. The molecule has 0 aliphatic heterocycles. The van der Waals surface area contributed by atoms with Gasteiger partial charge in [-0.2, -0.15) is 0 Å². The summed E-state index contributed by atoms with van der Waals surface area (Å²) < 4.78 is 5.45. The van der Waals surface area contributed by atoms with Crippen molar-refractivity contribution in [3.05, 3.63) is 53.1 Å². The van der Waals surface area contributed by atoms with Crippen molar-refractivity contribution in [3.63, 3.8) is 0 Å². The Bertz CT molecular complexity index is 570. The number of rotatable bonds is 5. The molecule has 0 radical (unpaired) electrons. The van der Waals surface area contributed by atoms with Crippen molar-refractivity contribution in [2.24, 2.45) is 0 Å². The molecule has 0 fully saturated rings. The van der Waals surface area contributed by atoms with Crippen LogP contribution in [0.3, 0.4) is 0 Å². The molecule has 0 saturated carbocycles. The Morgan fingerprint density at radius 2 is 2.11 bits per heavy atom. The number of pyridine rings is 2. The maximum atomic E-state index is 12.2. The monoisotopic (exact) mass is 276 g/mol. The average Bonchev–Trinajstić information content (AvgIpc) is 2.45. The van der Waals surface area contributed by atoms with Crippen molar-refractivity contribution in [1.29, 1.82) is 0 Å². The number of carbonyl (C=O) groups excluding carboxylic acids is 1. The van der Waals surface area contributed by atoms with Crippen LogP contribution in [-0.2, 0) is 0 Å². The van der Waals surface area contributed by atoms with Crippen LogP contribution in [0.2, 0.25) is 5.15 Å². The molecule has 2 aromatic rings. The quantitative estimate of drug-likeness (QED) is 0.622. The topological polar surface area (TPSA) is 52.1 Å². The van der Waals surface area contributed by atoms with Crippen molar-refractivity contribution >= 4 is 17.4 Å². The first-order chi connectivity index (χ1) is 9.20. The van der Waals surface area contributed by atoms with Crippen LogP contribution in [0.25, 0.3) is 0 Å². The van der Waals surface area contributed by atoms with Gasteiger partial charge in [-0.25, -0.2) is 4.98 Å². The minimum Gasteiger partial charge on any atom is -0.492 e. The summed E-state index contributed by atoms with van der Waals surface area (Å²) in [7, 11) is 0. The van der Waals surface area contributed by atoms with E-state index < -0.39 is 0 Å². The van der Waals surface area contributed by atoms with Crippen LogP contribution in [0.1, 0.15) is 29.3 Å². The van der Waals surface area contributed by atoms with Gasteiger partial charge in [0.1, 0.15) is 10.9 Å². The van der Waals surface area contributed by atoms with Crippen LogP contribution in [-0.4, -0.2) is 22.4 Å². The van der Waals surface area contributed by atoms with E-state index in [1.807, 2.05) is 6.92 Å². The molecule has 0 N–H and O–H groups in total. The van der Waals surface area contributed by atoms with Gasteiger partial charge in [-0.3, -0.25) is 9.78 Å². The van der Waals surface area contributed by atoms with E-state index in [9.17, 15) is 4.79 Å². The molecule has 4 nitrogen and oxygen atoms in total. The Balaban J connectivity index is 2.21. The number of ketones is 1. The summed E-state index contributed by atoms with van der Waals surface area (Å²) in [6, 6.07) is 4.90. The van der Waals surface area contributed by atoms with Crippen molar-refractivity contribution in [2.75, 3.05) is 6.61 Å². The predicted molar refractivity (Wildman–Crippen MR) is 72.7 cm³/mol. The van der Waals surface area contributed by atoms with Crippen molar-refractivity contribution < 1.29 is 9.53 Å². The minimum absolute atomic E-state index is 0.154. The summed E-state index contributed by atoms with van der Waals surface area (Å²) in [6.45, 7) is 2.61. The largest absolute Gasteiger partial charge is 0.492 e. The fourth-order valence-electron chi connectivity index (χ4n) is 1.52. The molecule has 0 unspecified atom stereocenters. The molecule has 19 heavy (non-hydrogen) atoms. The molecule has 2 aromatic heterocycles. The van der Waals surface area contributed by atoms with E-state index >= 15 is 0 Å². The molecule has 0 saturated heterocycles. The van der Waals surface area contributed by atoms with Gasteiger partial charge < -0.3 is 4.74 Å². The molecule has 0 spiro atoms. The molecule has 0 aromatic carbocycles. The molecule has 2 rings (SSSR count). The lowest BCUT2D eigenvalue weighted by Crippen LogP contribution is -2.04. The highest BCUT2D eigenvalue weighted by Crippen LogP contribution is 2.15. The summed E-state index contributed by atoms with van der Waals surface area (Å²) in [5, 5.41) is 0.356. The Morgan fingerprint density at radius 3 is 2.79 bits per heavy atom. The molecule has 0 bridgehead atoms. The normalized spacial score (nSPS) is 10.2. The third-order valence-electron chi connectivity index (χ3n) is 2.44. The van der Waals surface area contributed by atoms with E-state index in [-0.39, 0.29) is 5.78 Å². The summed E-state index contributed by atoms with van der Waals surface area (Å²) in [5.74, 6) is 0.438. The number of hydrogen-bond donors (Lipinski definition) is 0. The zero-order valence-electron chi connectivity index (χ0n) is 10.5. The van der Waals surface area contributed by atoms with E-state index in [1.54, 1.807) is 24.4 Å². The molecule has 5 heteroatoms. The highest BCUT2D eigenvalue weighted by Gasteiger charge is 2.11. The Hall–Kier alpha value is -1.94. The van der Waals surface area contributed by atoms with Gasteiger partial charge >= 0.3 is 0 Å². The number of nitrogens with zero attached hydrogens (tertiary/aromatic N) is 2. The van der Waals surface area contributed by atoms with E-state index in [1.165, 1.54) is 12.4 Å². The van der Waals surface area contributed by atoms with Gasteiger partial charge in [0.05, 0.1) is 12.8 Å². The van der Waals surface area contributed by atoms with Crippen molar-refractivity contribution in [3.8, 4) is 5.75 Å². The van der Waals surface area contributed by atoms with Gasteiger partial charge in [-0.05, 0) is 24.6 Å². The molecule has 0 aliphatic rings. The number of carbonyl (C=O) groups is 1. The summed E-state index contributed by atoms with van der Waals surface area (Å²) >= 11 is 5.69. The van der Waals surface area contributed by atoms with Crippen LogP contribution >= 0.6 is 11.6 Å². The van der Waals surface area contributed by atoms with Crippen LogP contribution in [0.15, 0.2) is 36.8 Å². The highest BCUT2D eigenvalue weighted by molar-refractivity contribution is 6.29. The maximum absolute atomic E-state index is 12.2. The number of halogens is 1. The molecular weight excluding hydrogens is 264 g/mol. The summed E-state index contributed by atoms with van der Waals surface area (Å²) in [6.07, 6.45) is 5.45. The van der Waals surface area contributed by atoms with Crippen LogP contribution in [0.4, 0.5) is 0 Å². The second-order valence-corrected chi connectivity index (χ2v) is 4.34. The van der Waals surface area contributed by atoms with E-state index in [4.69, 9.17) is 16.3 Å². The second-order valence-electron chi connectivity index (χ2n) is 3.96. The van der Waals surface area contributed by atoms with Gasteiger partial charge in [0.2, 0.25) is 0 Å². The lowest BCUT2D eigenvalue weighted by molar-refractivity contribution is 0.103. The highest BCUT2D eigenvalue weighted by atomic mass is 35.5. The molecular formula is C14H13ClN2O2. The Labute approximate surface area is 116 Å². The minimum atomic E-state index is -0.154. The first kappa shape index (κ1) is 13.5. The Kier molecular flexibility index (Phi) is 4.47. The zero-order chi connectivity index (χ0) is 13.7. The van der Waals surface area contributed by atoms with E-state index in [0.717, 1.165) is 6.42 Å². The van der Waals surface area contributed by atoms with Gasteiger partial charge in [0.15, 0.2) is 5.78 Å². The van der Waals surface area contributed by atoms with Crippen LogP contribution < -0.4 is 4.74 Å². The third-order valence-corrected chi connectivity index (χ3v) is 2.66. The molecule has 0 atom stereocenters. The van der Waals surface area contributed by atoms with E-state index in [0.29, 0.717) is 28.6 Å². The maximum Gasteiger partial charge on any atom is 0.196 e. The molecule has 0 aliphatic carbocycles. The standard InChI is InChI=1S/C14H13ClN2O2/c1-2-5-19-12-6-11(7-16-9-12)14(18)10-3-4-13(15)17-8-10/h3-4,6-9H,2,5H2,1H3. The summed E-state index contributed by atoms with van der Waals surface area (Å²) in [5.41, 5.74) is 0.941. The van der Waals surface area contributed by atoms with Gasteiger partial charge in [-0.1, -0.05) is 18.5 Å². The summed E-state index contributed by atoms with van der Waals surface area (Å²) in [4.78, 5) is 20.1. The Morgan fingerprint density at radius 1 is 1.26 bits per heavy atom. The SMILES string of the molecule is CCCOc1cncc(C(=O)c2ccc(Cl)nc2)c1. The number of ether oxygens (including phenoxy) is 1.